The zero-order chi connectivity index (χ0) is 11.3. The van der Waals surface area contributed by atoms with Crippen molar-refractivity contribution in [2.24, 2.45) is 7.05 Å². The summed E-state index contributed by atoms with van der Waals surface area (Å²) in [5.41, 5.74) is 1.13. The van der Waals surface area contributed by atoms with Crippen molar-refractivity contribution in [3.63, 3.8) is 0 Å². The monoisotopic (exact) mass is 211 g/mol. The van der Waals surface area contributed by atoms with Crippen molar-refractivity contribution in [1.82, 2.24) is 15.1 Å². The molecule has 0 aliphatic rings. The highest BCUT2D eigenvalue weighted by molar-refractivity contribution is 5.28. The van der Waals surface area contributed by atoms with E-state index in [1.807, 2.05) is 11.7 Å². The maximum absolute atomic E-state index is 5.31. The third-order valence-corrected chi connectivity index (χ3v) is 2.55. The predicted octanol–water partition coefficient (Wildman–Crippen LogP) is 1.88. The van der Waals surface area contributed by atoms with Crippen molar-refractivity contribution in [3.8, 4) is 5.75 Å². The van der Waals surface area contributed by atoms with Crippen LogP contribution in [0.25, 0.3) is 0 Å². The van der Waals surface area contributed by atoms with E-state index in [4.69, 9.17) is 4.74 Å². The number of aromatic nitrogens is 2. The molecule has 1 aromatic rings. The Morgan fingerprint density at radius 3 is 2.80 bits per heavy atom. The number of aryl methyl sites for hydroxylation is 1. The minimum atomic E-state index is 0.326. The van der Waals surface area contributed by atoms with Gasteiger partial charge in [-0.05, 0) is 19.4 Å². The van der Waals surface area contributed by atoms with Crippen LogP contribution in [-0.2, 0) is 7.05 Å². The van der Waals surface area contributed by atoms with E-state index in [0.29, 0.717) is 6.04 Å². The molecule has 0 fully saturated rings. The summed E-state index contributed by atoms with van der Waals surface area (Å²) in [6, 6.07) is 0.326. The summed E-state index contributed by atoms with van der Waals surface area (Å²) in [6.45, 7) is 5.35. The highest BCUT2D eigenvalue weighted by Gasteiger charge is 2.17. The van der Waals surface area contributed by atoms with Gasteiger partial charge in [0.15, 0.2) is 5.75 Å². The number of hydrogen-bond donors (Lipinski definition) is 1. The van der Waals surface area contributed by atoms with Crippen LogP contribution in [0, 0.1) is 0 Å². The summed E-state index contributed by atoms with van der Waals surface area (Å²) >= 11 is 0. The number of methoxy groups -OCH3 is 1. The van der Waals surface area contributed by atoms with E-state index in [1.54, 1.807) is 13.3 Å². The lowest BCUT2D eigenvalue weighted by Gasteiger charge is -2.18. The van der Waals surface area contributed by atoms with Gasteiger partial charge in [0.25, 0.3) is 0 Å². The van der Waals surface area contributed by atoms with Gasteiger partial charge in [0, 0.05) is 7.05 Å². The van der Waals surface area contributed by atoms with E-state index >= 15 is 0 Å². The van der Waals surface area contributed by atoms with E-state index in [9.17, 15) is 0 Å². The Morgan fingerprint density at radius 1 is 1.53 bits per heavy atom. The molecule has 0 aromatic carbocycles. The molecule has 0 bridgehead atoms. The van der Waals surface area contributed by atoms with E-state index < -0.39 is 0 Å². The van der Waals surface area contributed by atoms with Crippen LogP contribution in [0.2, 0.25) is 0 Å². The highest BCUT2D eigenvalue weighted by atomic mass is 16.5. The van der Waals surface area contributed by atoms with Gasteiger partial charge in [0.1, 0.15) is 0 Å². The molecular formula is C11H21N3O. The third-order valence-electron chi connectivity index (χ3n) is 2.55. The first-order valence-electron chi connectivity index (χ1n) is 5.53. The summed E-state index contributed by atoms with van der Waals surface area (Å²) in [7, 11) is 3.64. The summed E-state index contributed by atoms with van der Waals surface area (Å²) in [4.78, 5) is 0. The Balaban J connectivity index is 2.84. The maximum Gasteiger partial charge on any atom is 0.161 e. The van der Waals surface area contributed by atoms with Crippen LogP contribution < -0.4 is 10.1 Å². The first-order valence-corrected chi connectivity index (χ1v) is 5.53. The highest BCUT2D eigenvalue weighted by Crippen LogP contribution is 2.26. The second kappa shape index (κ2) is 5.75. The van der Waals surface area contributed by atoms with Crippen molar-refractivity contribution in [2.45, 2.75) is 32.7 Å². The molecule has 1 atom stereocenters. The van der Waals surface area contributed by atoms with Crippen LogP contribution in [-0.4, -0.2) is 23.4 Å². The van der Waals surface area contributed by atoms with Gasteiger partial charge in [-0.3, -0.25) is 4.68 Å². The Kier molecular flexibility index (Phi) is 4.62. The second-order valence-corrected chi connectivity index (χ2v) is 3.64. The normalized spacial score (nSPS) is 12.8. The summed E-state index contributed by atoms with van der Waals surface area (Å²) in [5.74, 6) is 0.868. The van der Waals surface area contributed by atoms with Gasteiger partial charge in [0.2, 0.25) is 0 Å². The Morgan fingerprint density at radius 2 is 2.27 bits per heavy atom. The van der Waals surface area contributed by atoms with Crippen LogP contribution in [0.4, 0.5) is 0 Å². The molecule has 0 saturated carbocycles. The molecule has 4 heteroatoms. The molecule has 4 nitrogen and oxygen atoms in total. The van der Waals surface area contributed by atoms with Crippen molar-refractivity contribution in [2.75, 3.05) is 13.7 Å². The van der Waals surface area contributed by atoms with Crippen molar-refractivity contribution in [1.29, 1.82) is 0 Å². The van der Waals surface area contributed by atoms with Crippen LogP contribution >= 0.6 is 0 Å². The van der Waals surface area contributed by atoms with E-state index in [2.05, 4.69) is 24.3 Å². The van der Waals surface area contributed by atoms with Crippen LogP contribution in [0.3, 0.4) is 0 Å². The molecule has 0 aliphatic heterocycles. The molecule has 15 heavy (non-hydrogen) atoms. The maximum atomic E-state index is 5.31. The number of hydrogen-bond acceptors (Lipinski definition) is 3. The number of rotatable bonds is 6. The average Bonchev–Trinajstić information content (AvgIpc) is 2.62. The third kappa shape index (κ3) is 2.72. The minimum absolute atomic E-state index is 0.326. The molecule has 86 valence electrons. The topological polar surface area (TPSA) is 39.1 Å². The second-order valence-electron chi connectivity index (χ2n) is 3.64. The molecule has 0 aliphatic carbocycles. The quantitative estimate of drug-likeness (QED) is 0.781. The lowest BCUT2D eigenvalue weighted by atomic mass is 10.1. The summed E-state index contributed by atoms with van der Waals surface area (Å²) in [6.07, 6.45) is 3.94. The summed E-state index contributed by atoms with van der Waals surface area (Å²) in [5, 5.41) is 7.71. The van der Waals surface area contributed by atoms with Crippen molar-refractivity contribution >= 4 is 0 Å². The lowest BCUT2D eigenvalue weighted by molar-refractivity contribution is 0.391. The van der Waals surface area contributed by atoms with Crippen LogP contribution in [0.15, 0.2) is 6.20 Å². The fourth-order valence-electron chi connectivity index (χ4n) is 1.73. The molecule has 1 unspecified atom stereocenters. The van der Waals surface area contributed by atoms with Crippen molar-refractivity contribution < 1.29 is 4.74 Å². The van der Waals surface area contributed by atoms with Gasteiger partial charge >= 0.3 is 0 Å². The van der Waals surface area contributed by atoms with Gasteiger partial charge in [-0.25, -0.2) is 0 Å². The predicted molar refractivity (Wildman–Crippen MR) is 61.1 cm³/mol. The zero-order valence-corrected chi connectivity index (χ0v) is 10.1. The Labute approximate surface area is 91.6 Å². The standard InChI is InChI=1S/C11H21N3O/c1-5-7-12-9(6-2)11-10(15-4)8-13-14(11)3/h8-9,12H,5-7H2,1-4H3. The van der Waals surface area contributed by atoms with E-state index in [-0.39, 0.29) is 0 Å². The smallest absolute Gasteiger partial charge is 0.161 e. The van der Waals surface area contributed by atoms with Crippen LogP contribution in [0.1, 0.15) is 38.4 Å². The number of nitrogens with one attached hydrogen (secondary N) is 1. The molecular weight excluding hydrogens is 190 g/mol. The molecule has 1 heterocycles. The van der Waals surface area contributed by atoms with E-state index in [1.165, 1.54) is 0 Å². The molecule has 0 amide bonds. The molecule has 1 rings (SSSR count). The van der Waals surface area contributed by atoms with Gasteiger partial charge in [-0.2, -0.15) is 5.10 Å². The van der Waals surface area contributed by atoms with Gasteiger partial charge in [0.05, 0.1) is 25.0 Å². The molecule has 0 spiro atoms. The Hall–Kier alpha value is -1.03. The van der Waals surface area contributed by atoms with Gasteiger partial charge in [-0.15, -0.1) is 0 Å². The minimum Gasteiger partial charge on any atom is -0.493 e. The summed E-state index contributed by atoms with van der Waals surface area (Å²) < 4.78 is 7.19. The number of nitrogens with zero attached hydrogens (tertiary/aromatic N) is 2. The molecule has 0 saturated heterocycles. The first-order chi connectivity index (χ1) is 7.24. The van der Waals surface area contributed by atoms with Crippen molar-refractivity contribution in [3.05, 3.63) is 11.9 Å². The Bertz CT molecular complexity index is 296. The first kappa shape index (κ1) is 12.0. The number of ether oxygens (including phenoxy) is 1. The largest absolute Gasteiger partial charge is 0.493 e. The zero-order valence-electron chi connectivity index (χ0n) is 10.1. The molecule has 1 aromatic heterocycles. The fourth-order valence-corrected chi connectivity index (χ4v) is 1.73. The lowest BCUT2D eigenvalue weighted by Crippen LogP contribution is -2.24. The van der Waals surface area contributed by atoms with Gasteiger partial charge < -0.3 is 10.1 Å². The van der Waals surface area contributed by atoms with Gasteiger partial charge in [-0.1, -0.05) is 13.8 Å². The SMILES string of the molecule is CCCNC(CC)c1c(OC)cnn1C. The van der Waals surface area contributed by atoms with E-state index in [0.717, 1.165) is 30.8 Å². The van der Waals surface area contributed by atoms with Crippen LogP contribution in [0.5, 0.6) is 5.75 Å². The molecule has 0 radical (unpaired) electrons. The average molecular weight is 211 g/mol. The molecule has 1 N–H and O–H groups in total. The fraction of sp³-hybridized carbons (Fsp3) is 0.727.